The summed E-state index contributed by atoms with van der Waals surface area (Å²) in [5.41, 5.74) is 1.28. The van der Waals surface area contributed by atoms with Crippen molar-refractivity contribution < 1.29 is 14.3 Å². The monoisotopic (exact) mass is 408 g/mol. The van der Waals surface area contributed by atoms with Crippen LogP contribution in [0.15, 0.2) is 28.7 Å². The van der Waals surface area contributed by atoms with Crippen LogP contribution >= 0.6 is 15.9 Å². The molecule has 2 saturated heterocycles. The second-order valence-electron chi connectivity index (χ2n) is 6.86. The Morgan fingerprint density at radius 2 is 1.80 bits per heavy atom. The zero-order valence-electron chi connectivity index (χ0n) is 14.6. The van der Waals surface area contributed by atoms with Gasteiger partial charge in [0.05, 0.1) is 19.6 Å². The van der Waals surface area contributed by atoms with Gasteiger partial charge in [0.15, 0.2) is 0 Å². The molecule has 1 aromatic rings. The maximum absolute atomic E-state index is 12.7. The number of piperidine rings is 1. The predicted molar refractivity (Wildman–Crippen MR) is 99.0 cm³/mol. The van der Waals surface area contributed by atoms with Gasteiger partial charge in [-0.05, 0) is 49.9 Å². The van der Waals surface area contributed by atoms with Gasteiger partial charge >= 0.3 is 5.97 Å². The summed E-state index contributed by atoms with van der Waals surface area (Å²) in [4.78, 5) is 28.5. The van der Waals surface area contributed by atoms with Crippen molar-refractivity contribution in [2.75, 3.05) is 33.3 Å². The first-order valence-corrected chi connectivity index (χ1v) is 9.73. The topological polar surface area (TPSA) is 49.9 Å². The molecule has 2 aliphatic rings. The number of rotatable bonds is 4. The fourth-order valence-corrected chi connectivity index (χ4v) is 4.15. The van der Waals surface area contributed by atoms with Crippen molar-refractivity contribution in [3.05, 3.63) is 34.3 Å². The first-order chi connectivity index (χ1) is 12.1. The molecule has 5 nitrogen and oxygen atoms in total. The second kappa shape index (κ2) is 8.32. The lowest BCUT2D eigenvalue weighted by Crippen LogP contribution is -2.45. The SMILES string of the molecule is COC(=O)C1CCN(C(=O)CN2CCC[C@@H]2c2ccc(Br)cc2)CC1. The van der Waals surface area contributed by atoms with E-state index >= 15 is 0 Å². The molecule has 6 heteroatoms. The highest BCUT2D eigenvalue weighted by molar-refractivity contribution is 9.10. The quantitative estimate of drug-likeness (QED) is 0.718. The fourth-order valence-electron chi connectivity index (χ4n) is 3.88. The van der Waals surface area contributed by atoms with Crippen LogP contribution in [0.3, 0.4) is 0 Å². The molecule has 0 spiro atoms. The second-order valence-corrected chi connectivity index (χ2v) is 7.77. The molecule has 136 valence electrons. The highest BCUT2D eigenvalue weighted by atomic mass is 79.9. The molecule has 2 aliphatic heterocycles. The summed E-state index contributed by atoms with van der Waals surface area (Å²) in [6, 6.07) is 8.72. The molecule has 3 rings (SSSR count). The Hall–Kier alpha value is -1.40. The minimum Gasteiger partial charge on any atom is -0.469 e. The molecule has 25 heavy (non-hydrogen) atoms. The van der Waals surface area contributed by atoms with Gasteiger partial charge in [-0.1, -0.05) is 28.1 Å². The van der Waals surface area contributed by atoms with Crippen molar-refractivity contribution in [3.8, 4) is 0 Å². The zero-order valence-corrected chi connectivity index (χ0v) is 16.2. The van der Waals surface area contributed by atoms with Crippen molar-refractivity contribution in [1.82, 2.24) is 9.80 Å². The van der Waals surface area contributed by atoms with Gasteiger partial charge in [0.25, 0.3) is 0 Å². The van der Waals surface area contributed by atoms with E-state index in [0.29, 0.717) is 38.5 Å². The number of carbonyl (C=O) groups excluding carboxylic acids is 2. The van der Waals surface area contributed by atoms with Gasteiger partial charge in [0.1, 0.15) is 0 Å². The Bertz CT molecular complexity index is 612. The van der Waals surface area contributed by atoms with Crippen LogP contribution in [0.2, 0.25) is 0 Å². The Labute approximate surface area is 157 Å². The van der Waals surface area contributed by atoms with Crippen LogP contribution in [0.4, 0.5) is 0 Å². The average molecular weight is 409 g/mol. The summed E-state index contributed by atoms with van der Waals surface area (Å²) >= 11 is 3.47. The summed E-state index contributed by atoms with van der Waals surface area (Å²) in [6.45, 7) is 2.72. The molecule has 1 aromatic carbocycles. The molecule has 1 amide bonds. The smallest absolute Gasteiger partial charge is 0.308 e. The molecular formula is C19H25BrN2O3. The first-order valence-electron chi connectivity index (χ1n) is 8.93. The third-order valence-corrected chi connectivity index (χ3v) is 5.87. The standard InChI is InChI=1S/C19H25BrN2O3/c1-25-19(24)15-8-11-21(12-9-15)18(23)13-22-10-2-3-17(22)14-4-6-16(20)7-5-14/h4-7,15,17H,2-3,8-13H2,1H3/t17-/m1/s1. The molecule has 2 fully saturated rings. The highest BCUT2D eigenvalue weighted by Crippen LogP contribution is 2.32. The molecule has 1 atom stereocenters. The average Bonchev–Trinajstić information content (AvgIpc) is 3.10. The van der Waals surface area contributed by atoms with E-state index < -0.39 is 0 Å². The van der Waals surface area contributed by atoms with Crippen LogP contribution in [0.25, 0.3) is 0 Å². The van der Waals surface area contributed by atoms with Crippen molar-refractivity contribution >= 4 is 27.8 Å². The lowest BCUT2D eigenvalue weighted by molar-refractivity contribution is -0.149. The molecule has 0 unspecified atom stereocenters. The molecule has 0 N–H and O–H groups in total. The number of likely N-dealkylation sites (tertiary alicyclic amines) is 2. The maximum Gasteiger partial charge on any atom is 0.308 e. The van der Waals surface area contributed by atoms with Gasteiger partial charge in [-0.15, -0.1) is 0 Å². The van der Waals surface area contributed by atoms with E-state index in [1.54, 1.807) is 0 Å². The Kier molecular flexibility index (Phi) is 6.12. The van der Waals surface area contributed by atoms with E-state index in [4.69, 9.17) is 4.74 Å². The molecule has 0 saturated carbocycles. The van der Waals surface area contributed by atoms with E-state index in [2.05, 4.69) is 45.1 Å². The summed E-state index contributed by atoms with van der Waals surface area (Å²) < 4.78 is 5.88. The van der Waals surface area contributed by atoms with Crippen LogP contribution in [-0.2, 0) is 14.3 Å². The van der Waals surface area contributed by atoms with E-state index in [1.807, 2.05) is 4.90 Å². The van der Waals surface area contributed by atoms with Gasteiger partial charge < -0.3 is 9.64 Å². The van der Waals surface area contributed by atoms with Gasteiger partial charge in [-0.3, -0.25) is 14.5 Å². The van der Waals surface area contributed by atoms with Crippen molar-refractivity contribution in [3.63, 3.8) is 0 Å². The normalized spacial score (nSPS) is 22.2. The number of amides is 1. The zero-order chi connectivity index (χ0) is 17.8. The van der Waals surface area contributed by atoms with Crippen LogP contribution in [0, 0.1) is 5.92 Å². The third-order valence-electron chi connectivity index (χ3n) is 5.34. The minimum atomic E-state index is -0.151. The van der Waals surface area contributed by atoms with Gasteiger partial charge in [0, 0.05) is 23.6 Å². The van der Waals surface area contributed by atoms with Gasteiger partial charge in [-0.25, -0.2) is 0 Å². The summed E-state index contributed by atoms with van der Waals surface area (Å²) in [5, 5.41) is 0. The number of hydrogen-bond acceptors (Lipinski definition) is 4. The van der Waals surface area contributed by atoms with Gasteiger partial charge in [-0.2, -0.15) is 0 Å². The highest BCUT2D eigenvalue weighted by Gasteiger charge is 2.31. The predicted octanol–water partition coefficient (Wildman–Crippen LogP) is 3.00. The number of methoxy groups -OCH3 is 1. The van der Waals surface area contributed by atoms with Crippen LogP contribution in [0.5, 0.6) is 0 Å². The molecule has 0 bridgehead atoms. The fraction of sp³-hybridized carbons (Fsp3) is 0.579. The van der Waals surface area contributed by atoms with Crippen LogP contribution in [0.1, 0.15) is 37.3 Å². The summed E-state index contributed by atoms with van der Waals surface area (Å²) in [5.74, 6) is -0.0365. The number of ether oxygens (including phenoxy) is 1. The lowest BCUT2D eigenvalue weighted by atomic mass is 9.97. The van der Waals surface area contributed by atoms with E-state index in [0.717, 1.165) is 23.9 Å². The van der Waals surface area contributed by atoms with Crippen molar-refractivity contribution in [2.24, 2.45) is 5.92 Å². The van der Waals surface area contributed by atoms with Crippen molar-refractivity contribution in [1.29, 1.82) is 0 Å². The summed E-state index contributed by atoms with van der Waals surface area (Å²) in [7, 11) is 1.43. The Balaban J connectivity index is 1.55. The Morgan fingerprint density at radius 3 is 2.44 bits per heavy atom. The molecular weight excluding hydrogens is 384 g/mol. The van der Waals surface area contributed by atoms with Gasteiger partial charge in [0.2, 0.25) is 5.91 Å². The van der Waals surface area contributed by atoms with E-state index in [1.165, 1.54) is 12.7 Å². The first kappa shape index (κ1) is 18.4. The number of benzene rings is 1. The maximum atomic E-state index is 12.7. The van der Waals surface area contributed by atoms with E-state index in [9.17, 15) is 9.59 Å². The van der Waals surface area contributed by atoms with Crippen molar-refractivity contribution in [2.45, 2.75) is 31.7 Å². The number of hydrogen-bond donors (Lipinski definition) is 0. The molecule has 0 aliphatic carbocycles. The Morgan fingerprint density at radius 1 is 1.12 bits per heavy atom. The number of esters is 1. The van der Waals surface area contributed by atoms with E-state index in [-0.39, 0.29) is 17.8 Å². The van der Waals surface area contributed by atoms with Crippen LogP contribution in [-0.4, -0.2) is 55.0 Å². The number of nitrogens with zero attached hydrogens (tertiary/aromatic N) is 2. The lowest BCUT2D eigenvalue weighted by Gasteiger charge is -2.33. The minimum absolute atomic E-state index is 0.0589. The molecule has 2 heterocycles. The largest absolute Gasteiger partial charge is 0.469 e. The number of carbonyl (C=O) groups is 2. The molecule has 0 aromatic heterocycles. The summed E-state index contributed by atoms with van der Waals surface area (Å²) in [6.07, 6.45) is 3.63. The third kappa shape index (κ3) is 4.42. The molecule has 0 radical (unpaired) electrons. The van der Waals surface area contributed by atoms with Crippen LogP contribution < -0.4 is 0 Å². The number of halogens is 1.